The quantitative estimate of drug-likeness (QED) is 0.00679. The van der Waals surface area contributed by atoms with Crippen LogP contribution in [0.1, 0.15) is 113 Å². The van der Waals surface area contributed by atoms with Crippen molar-refractivity contribution in [1.82, 2.24) is 14.9 Å². The zero-order chi connectivity index (χ0) is 80.6. The minimum Gasteiger partial charge on any atom is -0.386 e. The molecular formula is C65H81N6O30P2S6+. The lowest BCUT2D eigenvalue weighted by Gasteiger charge is -2.29. The number of unbranched alkanes of at least 4 members (excludes halogenated alkanes) is 4. The van der Waals surface area contributed by atoms with E-state index in [1.54, 1.807) is 73.9 Å². The third kappa shape index (κ3) is 20.9. The Bertz CT molecular complexity index is 5600. The highest BCUT2D eigenvalue weighted by atomic mass is 32.2. The van der Waals surface area contributed by atoms with Crippen LogP contribution in [0.5, 0.6) is 0 Å². The minimum atomic E-state index is -5.20. The van der Waals surface area contributed by atoms with Gasteiger partial charge in [-0.15, -0.1) is 0 Å². The fourth-order valence-corrected chi connectivity index (χ4v) is 19.1. The van der Waals surface area contributed by atoms with E-state index >= 15 is 0 Å². The molecule has 0 saturated carbocycles. The number of carbonyl (C=O) groups excluding carboxylic acids is 1. The molecule has 36 nitrogen and oxygen atoms in total. The van der Waals surface area contributed by atoms with Crippen molar-refractivity contribution in [3.8, 4) is 0 Å². The molecule has 0 spiro atoms. The summed E-state index contributed by atoms with van der Waals surface area (Å²) < 4.78 is 260. The van der Waals surface area contributed by atoms with Gasteiger partial charge in [0, 0.05) is 71.5 Å². The standard InChI is InChI=1S/C65H80N6O30P2S6/c1-64(28-11-33-104(80,81)82)54(69(3)49-23-21-45-47(58(49)64)35-43(106(86,87)88)37-52(45)108(92,93)94)25-19-42(20-26-55-65(2,29-12-34-105(83,84)85)59-48-36-44(107(89,90)91)38-53(109(95,96)97)46(48)22-24-50(59)70(55)4)41-17-15-40(16-18-41)13-7-8-14-57(72)67-30-9-5-6-10-32-98-103(78,79)101-61-51(39-99-102(75,76)77)100-62(60(61)73)71-31-27-56(66)68-63(71)74/h15-27,31,35-38,51,60-62,73H,5-14,28-30,32-34,39H2,1-4H3,(H11-,66,67,68,72,74,75,76,77,78,79,80,81,82,83,84,85,86,87,88,89,90,91,92,93,94,95,96,97)/p+1/t51-,60-,61-,62-,64?,65?/m1/s1. The van der Waals surface area contributed by atoms with Crippen molar-refractivity contribution >= 4 is 132 Å². The number of rotatable bonds is 35. The monoisotopic (exact) mass is 1680 g/mol. The first kappa shape index (κ1) is 86.1. The molecule has 4 heterocycles. The van der Waals surface area contributed by atoms with Crippen molar-refractivity contribution in [1.29, 1.82) is 0 Å². The molecule has 1 amide bonds. The molecule has 1 aromatic heterocycles. The Morgan fingerprint density at radius 1 is 0.697 bits per heavy atom. The van der Waals surface area contributed by atoms with Crippen molar-refractivity contribution in [2.45, 2.75) is 146 Å². The predicted molar refractivity (Wildman–Crippen MR) is 395 cm³/mol. The van der Waals surface area contributed by atoms with E-state index < -0.39 is 155 Å². The minimum absolute atomic E-state index is 0.0791. The second kappa shape index (κ2) is 33.0. The van der Waals surface area contributed by atoms with Crippen LogP contribution in [-0.2, 0) is 110 Å². The summed E-state index contributed by atoms with van der Waals surface area (Å²) in [6.45, 7) is 2.34. The fraction of sp³-hybridized carbons (Fsp3) is 0.415. The maximum atomic E-state index is 13.0. The number of nitrogens with one attached hydrogen (secondary N) is 1. The lowest BCUT2D eigenvalue weighted by atomic mass is 9.74. The Morgan fingerprint density at radius 3 is 1.83 bits per heavy atom. The molecule has 3 unspecified atom stereocenters. The number of ether oxygens (including phenoxy) is 1. The summed E-state index contributed by atoms with van der Waals surface area (Å²) in [7, 11) is -36.8. The molecule has 596 valence electrons. The summed E-state index contributed by atoms with van der Waals surface area (Å²) in [5.74, 6) is -1.93. The third-order valence-electron chi connectivity index (χ3n) is 19.1. The third-order valence-corrected chi connectivity index (χ3v) is 25.6. The van der Waals surface area contributed by atoms with Crippen molar-refractivity contribution in [3.05, 3.63) is 148 Å². The van der Waals surface area contributed by atoms with Gasteiger partial charge in [0.1, 0.15) is 41.0 Å². The molecule has 3 aliphatic rings. The Morgan fingerprint density at radius 2 is 1.27 bits per heavy atom. The van der Waals surface area contributed by atoms with Gasteiger partial charge in [-0.2, -0.15) is 60.1 Å². The molecule has 0 radical (unpaired) electrons. The summed E-state index contributed by atoms with van der Waals surface area (Å²) in [5, 5.41) is 13.3. The number of likely N-dealkylation sites (N-methyl/N-ethyl adjacent to an activating group) is 1. The smallest absolute Gasteiger partial charge is 0.386 e. The van der Waals surface area contributed by atoms with Crippen molar-refractivity contribution in [3.63, 3.8) is 0 Å². The lowest BCUT2D eigenvalue weighted by molar-refractivity contribution is -0.401. The van der Waals surface area contributed by atoms with Crippen molar-refractivity contribution in [2.75, 3.05) is 56.0 Å². The normalized spacial score (nSPS) is 21.3. The predicted octanol–water partition coefficient (Wildman–Crippen LogP) is 6.33. The van der Waals surface area contributed by atoms with Crippen LogP contribution in [0, 0.1) is 0 Å². The molecule has 0 bridgehead atoms. The van der Waals surface area contributed by atoms with Crippen LogP contribution >= 0.6 is 15.6 Å². The first-order valence-corrected chi connectivity index (χ1v) is 45.3. The molecule has 1 fully saturated rings. The molecule has 44 heteroatoms. The maximum absolute atomic E-state index is 13.0. The van der Waals surface area contributed by atoms with Gasteiger partial charge in [-0.3, -0.25) is 50.2 Å². The second-order valence-electron chi connectivity index (χ2n) is 26.7. The number of hydrogen-bond donors (Lipinski definition) is 12. The van der Waals surface area contributed by atoms with Crippen LogP contribution < -0.4 is 21.6 Å². The summed E-state index contributed by atoms with van der Waals surface area (Å²) >= 11 is 0. The van der Waals surface area contributed by atoms with Gasteiger partial charge in [-0.05, 0) is 159 Å². The number of aliphatic hydroxyl groups is 1. The van der Waals surface area contributed by atoms with Crippen molar-refractivity contribution in [2.24, 2.45) is 0 Å². The largest absolute Gasteiger partial charge is 0.472 e. The molecule has 1 saturated heterocycles. The van der Waals surface area contributed by atoms with Gasteiger partial charge in [0.05, 0.1) is 39.9 Å². The van der Waals surface area contributed by atoms with E-state index in [1.165, 1.54) is 30.3 Å². The molecule has 9 rings (SSSR count). The van der Waals surface area contributed by atoms with Crippen LogP contribution in [0.3, 0.4) is 0 Å². The molecule has 109 heavy (non-hydrogen) atoms. The Balaban J connectivity index is 0.946. The molecule has 6 aromatic rings. The van der Waals surface area contributed by atoms with E-state index in [9.17, 15) is 116 Å². The van der Waals surface area contributed by atoms with E-state index in [0.29, 0.717) is 91.1 Å². The maximum Gasteiger partial charge on any atom is 0.472 e. The number of fused-ring (bicyclic) bond motifs is 6. The zero-order valence-electron chi connectivity index (χ0n) is 58.6. The molecule has 13 N–H and O–H groups in total. The van der Waals surface area contributed by atoms with Crippen LogP contribution in [-0.4, -0.2) is 187 Å². The highest BCUT2D eigenvalue weighted by Crippen LogP contribution is 2.55. The van der Waals surface area contributed by atoms with E-state index in [1.807, 2.05) is 12.1 Å². The van der Waals surface area contributed by atoms with E-state index in [0.717, 1.165) is 28.5 Å². The fourth-order valence-electron chi connectivity index (χ4n) is 14.1. The first-order chi connectivity index (χ1) is 50.4. The average Bonchev–Trinajstić information content (AvgIpc) is 1.59. The van der Waals surface area contributed by atoms with Crippen LogP contribution in [0.25, 0.3) is 27.1 Å². The number of allylic oxidation sites excluding steroid dienone is 6. The zero-order valence-corrected chi connectivity index (χ0v) is 65.3. The summed E-state index contributed by atoms with van der Waals surface area (Å²) in [6, 6.07) is 17.2. The number of anilines is 2. The summed E-state index contributed by atoms with van der Waals surface area (Å²) in [6.07, 6.45) is 3.50. The first-order valence-electron chi connectivity index (χ1n) is 33.3. The number of hydrogen-bond acceptors (Lipinski definition) is 24. The number of nitrogens with two attached hydrogens (primary N) is 1. The van der Waals surface area contributed by atoms with Gasteiger partial charge in [-0.1, -0.05) is 49.2 Å². The number of phosphoric acid groups is 2. The van der Waals surface area contributed by atoms with Gasteiger partial charge in [-0.25, -0.2) is 13.9 Å². The van der Waals surface area contributed by atoms with Crippen LogP contribution in [0.15, 0.2) is 139 Å². The van der Waals surface area contributed by atoms with E-state index in [2.05, 4.69) is 14.8 Å². The van der Waals surface area contributed by atoms with Gasteiger partial charge >= 0.3 is 21.3 Å². The number of phosphoric ester groups is 2. The topological polar surface area (TPSA) is 574 Å². The number of benzene rings is 5. The number of aryl methyl sites for hydroxylation is 1. The van der Waals surface area contributed by atoms with E-state index in [-0.39, 0.29) is 89.5 Å². The molecule has 5 aromatic carbocycles. The number of aliphatic hydroxyl groups excluding tert-OH is 1. The Hall–Kier alpha value is -6.94. The van der Waals surface area contributed by atoms with Gasteiger partial charge in [0.2, 0.25) is 11.6 Å². The second-order valence-corrected chi connectivity index (χ2v) is 38.1. The number of carbonyl (C=O) groups is 1. The lowest BCUT2D eigenvalue weighted by Crippen LogP contribution is -2.37. The molecule has 0 aliphatic carbocycles. The SMILES string of the molecule is CN1C(=CC=C(C=CC2=[N+](C)c3ccc4c(S(=O)(=O)O)cc(S(=O)(=O)O)cc4c3C2(C)CCCS(=O)(=O)O)c2ccc(CCCCC(=O)NCCCCCCOP(=O)(O)O[C@H]3[C@@H](O)[C@H](n4ccc(N)nc4=O)O[C@@H]3COP(=O)(O)O)cc2)C(C)(CCCS(=O)(=O)O)c2c1ccc1c(S(=O)(=O)O)cc(S(=O)(=O)O)cc21. The van der Waals surface area contributed by atoms with Crippen LogP contribution in [0.4, 0.5) is 17.2 Å². The number of aromatic nitrogens is 2. The average molecular weight is 1680 g/mol. The molecule has 3 aliphatic heterocycles. The van der Waals surface area contributed by atoms with E-state index in [4.69, 9.17) is 19.5 Å². The van der Waals surface area contributed by atoms with Gasteiger partial charge < -0.3 is 40.5 Å². The van der Waals surface area contributed by atoms with Crippen LogP contribution in [0.2, 0.25) is 0 Å². The highest BCUT2D eigenvalue weighted by molar-refractivity contribution is 7.87. The van der Waals surface area contributed by atoms with Gasteiger partial charge in [0.25, 0.3) is 60.7 Å². The van der Waals surface area contributed by atoms with Gasteiger partial charge in [0.15, 0.2) is 11.9 Å². The molecular weight excluding hydrogens is 1600 g/mol. The Kier molecular flexibility index (Phi) is 26.1. The number of nitrogen functional groups attached to an aromatic ring is 1. The number of amides is 1. The number of nitrogens with zero attached hydrogens (tertiary/aromatic N) is 4. The van der Waals surface area contributed by atoms with Crippen molar-refractivity contribution < 1.29 is 134 Å². The summed E-state index contributed by atoms with van der Waals surface area (Å²) in [5.41, 5.74) is 5.32. The Labute approximate surface area is 627 Å². The highest BCUT2D eigenvalue weighted by Gasteiger charge is 2.51. The molecule has 7 atom stereocenters. The summed E-state index contributed by atoms with van der Waals surface area (Å²) in [4.78, 5) is 56.1.